The van der Waals surface area contributed by atoms with Gasteiger partial charge in [0, 0.05) is 43.2 Å². The Morgan fingerprint density at radius 3 is 1.53 bits per heavy atom. The van der Waals surface area contributed by atoms with Gasteiger partial charge in [-0.3, -0.25) is 0 Å². The van der Waals surface area contributed by atoms with Crippen molar-refractivity contribution in [2.45, 2.75) is 183 Å². The summed E-state index contributed by atoms with van der Waals surface area (Å²) in [5.41, 5.74) is 24.0. The van der Waals surface area contributed by atoms with Gasteiger partial charge in [0.2, 0.25) is 0 Å². The predicted octanol–water partition coefficient (Wildman–Crippen LogP) is 17.4. The Morgan fingerprint density at radius 1 is 0.471 bits per heavy atom. The number of anilines is 6. The minimum atomic E-state index is -0.0392. The van der Waals surface area contributed by atoms with E-state index in [1.807, 2.05) is 11.3 Å². The number of fused-ring (bicyclic) bond motifs is 7. The summed E-state index contributed by atoms with van der Waals surface area (Å²) in [5, 5.41) is 1.35. The van der Waals surface area contributed by atoms with Crippen molar-refractivity contribution in [1.29, 1.82) is 0 Å². The average Bonchev–Trinajstić information content (AvgIpc) is 3.70. The second kappa shape index (κ2) is 15.5. The van der Waals surface area contributed by atoms with Gasteiger partial charge in [0.15, 0.2) is 0 Å². The normalized spacial score (nSPS) is 16.4. The Balaban J connectivity index is 1.37. The third-order valence-corrected chi connectivity index (χ3v) is 17.5. The fourth-order valence-electron chi connectivity index (χ4n) is 12.3. The van der Waals surface area contributed by atoms with Crippen molar-refractivity contribution in [3.63, 3.8) is 0 Å². The number of benzene rings is 6. The molecule has 0 bridgehead atoms. The Hall–Kier alpha value is -5.06. The molecule has 0 N–H and O–H groups in total. The van der Waals surface area contributed by atoms with Crippen LogP contribution in [-0.4, -0.2) is 6.71 Å². The van der Waals surface area contributed by atoms with Gasteiger partial charge in [0.25, 0.3) is 6.71 Å². The second-order valence-electron chi connectivity index (χ2n) is 28.1. The van der Waals surface area contributed by atoms with Crippen LogP contribution in [0, 0.1) is 6.92 Å². The molecule has 0 saturated carbocycles. The number of aryl methyl sites for hydroxylation is 1. The van der Waals surface area contributed by atoms with Crippen LogP contribution < -0.4 is 25.5 Å². The van der Waals surface area contributed by atoms with Crippen LogP contribution in [0.1, 0.15) is 182 Å². The van der Waals surface area contributed by atoms with Crippen LogP contribution in [0.4, 0.5) is 34.1 Å². The molecular formula is C66H79BN2S. The van der Waals surface area contributed by atoms with E-state index in [-0.39, 0.29) is 44.6 Å². The predicted molar refractivity (Wildman–Crippen MR) is 310 cm³/mol. The monoisotopic (exact) mass is 943 g/mol. The third kappa shape index (κ3) is 7.89. The van der Waals surface area contributed by atoms with Crippen LogP contribution in [0.2, 0.25) is 0 Å². The summed E-state index contributed by atoms with van der Waals surface area (Å²) in [6.07, 6.45) is 1.11. The quantitative estimate of drug-likeness (QED) is 0.163. The fourth-order valence-corrected chi connectivity index (χ4v) is 13.6. The first-order valence-electron chi connectivity index (χ1n) is 26.2. The Kier molecular flexibility index (Phi) is 10.7. The zero-order valence-corrected chi connectivity index (χ0v) is 47.2. The van der Waals surface area contributed by atoms with Gasteiger partial charge in [-0.25, -0.2) is 0 Å². The zero-order valence-electron chi connectivity index (χ0n) is 46.4. The van der Waals surface area contributed by atoms with Crippen LogP contribution in [0.5, 0.6) is 0 Å². The largest absolute Gasteiger partial charge is 0.311 e. The first kappa shape index (κ1) is 48.6. The Bertz CT molecular complexity index is 3240. The fraction of sp³-hybridized carbons (Fsp3) is 0.424. The molecule has 2 aliphatic heterocycles. The number of hydrogen-bond acceptors (Lipinski definition) is 3. The minimum Gasteiger partial charge on any atom is -0.311 e. The molecule has 1 aromatic heterocycles. The SMILES string of the molecule is Cc1cc2c3c(c1)N(c1cc4c(cc1-c1ccc(C(C)(C)C)cc1)C(C)(C)CC4(C)C)c1c(sc4ccc(C(C)(C)C)cc14)B3c1ccc(C(C)(C)C)cc1N2c1cc(C(C)(C)C)cc(C(C)(C)C)c1. The van der Waals surface area contributed by atoms with Crippen molar-refractivity contribution < 1.29 is 0 Å². The lowest BCUT2D eigenvalue weighted by molar-refractivity contribution is 0.403. The van der Waals surface area contributed by atoms with Crippen LogP contribution in [-0.2, 0) is 37.9 Å². The van der Waals surface area contributed by atoms with Crippen molar-refractivity contribution in [3.8, 4) is 11.1 Å². The molecule has 3 aliphatic rings. The molecule has 70 heavy (non-hydrogen) atoms. The van der Waals surface area contributed by atoms with E-state index < -0.39 is 0 Å². The summed E-state index contributed by atoms with van der Waals surface area (Å²) in [6.45, 7) is 47.6. The van der Waals surface area contributed by atoms with Crippen LogP contribution in [0.15, 0.2) is 103 Å². The zero-order chi connectivity index (χ0) is 50.8. The van der Waals surface area contributed by atoms with Crippen molar-refractivity contribution >= 4 is 78.0 Å². The molecule has 362 valence electrons. The van der Waals surface area contributed by atoms with Gasteiger partial charge in [-0.2, -0.15) is 0 Å². The van der Waals surface area contributed by atoms with E-state index in [1.165, 1.54) is 116 Å². The lowest BCUT2D eigenvalue weighted by atomic mass is 9.36. The molecule has 10 rings (SSSR count). The molecule has 0 fully saturated rings. The lowest BCUT2D eigenvalue weighted by Crippen LogP contribution is -2.60. The first-order valence-corrected chi connectivity index (χ1v) is 27.0. The molecule has 0 amide bonds. The molecule has 0 unspecified atom stereocenters. The summed E-state index contributed by atoms with van der Waals surface area (Å²) in [7, 11) is 0. The highest BCUT2D eigenvalue weighted by Crippen LogP contribution is 2.56. The molecule has 2 nitrogen and oxygen atoms in total. The maximum atomic E-state index is 2.76. The van der Waals surface area contributed by atoms with E-state index >= 15 is 0 Å². The molecule has 3 heterocycles. The molecule has 7 aromatic rings. The maximum Gasteiger partial charge on any atom is 0.264 e. The second-order valence-corrected chi connectivity index (χ2v) is 29.2. The minimum absolute atomic E-state index is 0.00877. The molecule has 4 heteroatoms. The van der Waals surface area contributed by atoms with Crippen molar-refractivity contribution in [3.05, 3.63) is 148 Å². The van der Waals surface area contributed by atoms with E-state index in [9.17, 15) is 0 Å². The first-order chi connectivity index (χ1) is 32.2. The van der Waals surface area contributed by atoms with Crippen molar-refractivity contribution in [2.75, 3.05) is 9.80 Å². The topological polar surface area (TPSA) is 6.48 Å². The molecule has 0 saturated heterocycles. The molecular weight excluding hydrogens is 864 g/mol. The molecule has 0 spiro atoms. The summed E-state index contributed by atoms with van der Waals surface area (Å²) < 4.78 is 2.77. The number of thiophene rings is 1. The highest BCUT2D eigenvalue weighted by atomic mass is 32.1. The third-order valence-electron chi connectivity index (χ3n) is 16.2. The summed E-state index contributed by atoms with van der Waals surface area (Å²) >= 11 is 2.01. The van der Waals surface area contributed by atoms with Gasteiger partial charge in [-0.1, -0.05) is 180 Å². The van der Waals surface area contributed by atoms with Gasteiger partial charge in [-0.05, 0) is 167 Å². The van der Waals surface area contributed by atoms with E-state index in [0.717, 1.165) is 6.42 Å². The van der Waals surface area contributed by atoms with E-state index in [2.05, 4.69) is 251 Å². The van der Waals surface area contributed by atoms with Gasteiger partial charge in [0.05, 0.1) is 11.4 Å². The standard InChI is InChI=1S/C66H79BN2S/c1-39-29-54-57-55(30-39)69(52-37-50-49(65(17,18)38-66(50,19)20)36-47(52)40-21-23-41(24-22-40)60(2,3)4)58-48-34-42(61(5,6)7)26-28-56(48)70-59(58)67(57)51-27-25-43(62(8,9)10)35-53(51)68(54)46-32-44(63(11,12)13)31-45(33-46)64(14,15)16/h21-37H,38H2,1-20H3. The molecule has 0 radical (unpaired) electrons. The van der Waals surface area contributed by atoms with Crippen molar-refractivity contribution in [2.24, 2.45) is 0 Å². The molecule has 1 aliphatic carbocycles. The molecule has 6 aromatic carbocycles. The highest BCUT2D eigenvalue weighted by molar-refractivity contribution is 7.33. The summed E-state index contributed by atoms with van der Waals surface area (Å²) in [4.78, 5) is 5.43. The van der Waals surface area contributed by atoms with Gasteiger partial charge >= 0.3 is 0 Å². The van der Waals surface area contributed by atoms with Gasteiger partial charge in [0.1, 0.15) is 0 Å². The Morgan fingerprint density at radius 2 is 0.971 bits per heavy atom. The smallest absolute Gasteiger partial charge is 0.264 e. The van der Waals surface area contributed by atoms with E-state index in [1.54, 1.807) is 0 Å². The van der Waals surface area contributed by atoms with Crippen LogP contribution in [0.3, 0.4) is 0 Å². The van der Waals surface area contributed by atoms with Crippen LogP contribution >= 0.6 is 11.3 Å². The highest BCUT2D eigenvalue weighted by Gasteiger charge is 2.48. The lowest BCUT2D eigenvalue weighted by Gasteiger charge is -2.44. The number of hydrogen-bond donors (Lipinski definition) is 0. The number of rotatable bonds is 3. The van der Waals surface area contributed by atoms with Crippen molar-refractivity contribution in [1.82, 2.24) is 0 Å². The average molecular weight is 943 g/mol. The maximum absolute atomic E-state index is 2.76. The van der Waals surface area contributed by atoms with Crippen LogP contribution in [0.25, 0.3) is 21.2 Å². The van der Waals surface area contributed by atoms with Gasteiger partial charge in [-0.15, -0.1) is 11.3 Å². The Labute approximate surface area is 427 Å². The van der Waals surface area contributed by atoms with Gasteiger partial charge < -0.3 is 9.80 Å². The summed E-state index contributed by atoms with van der Waals surface area (Å²) in [6, 6.07) is 42.2. The number of nitrogens with zero attached hydrogens (tertiary/aromatic N) is 2. The molecule has 0 atom stereocenters. The summed E-state index contributed by atoms with van der Waals surface area (Å²) in [5.74, 6) is 0. The van der Waals surface area contributed by atoms with E-state index in [4.69, 9.17) is 0 Å². The van der Waals surface area contributed by atoms with E-state index in [0.29, 0.717) is 0 Å².